The molecular weight excluding hydrogens is 427 g/mol. The van der Waals surface area contributed by atoms with Crippen LogP contribution in [0.3, 0.4) is 0 Å². The minimum atomic E-state index is -1.08. The number of benzene rings is 2. The van der Waals surface area contributed by atoms with Gasteiger partial charge in [-0.3, -0.25) is 10.4 Å². The predicted octanol–water partition coefficient (Wildman–Crippen LogP) is 3.44. The highest BCUT2D eigenvalue weighted by Crippen LogP contribution is 2.41. The standard InChI is InChI=1S/C24H25FN4O4/c1-14-21(30)22(31)24(33-14)29-12-19(15-3-9-18(32-2)10-4-15)20-11-28(13-26-23(20)29)27-17-7-5-16(25)6-8-17/h3-10,12-14,21-22,24,27,30-31H,11H2,1-2H3/t14-,21-,22-,24-/m1/s1. The summed E-state index contributed by atoms with van der Waals surface area (Å²) < 4.78 is 26.2. The number of aliphatic hydroxyl groups is 2. The van der Waals surface area contributed by atoms with Gasteiger partial charge in [0.2, 0.25) is 0 Å². The smallest absolute Gasteiger partial charge is 0.164 e. The van der Waals surface area contributed by atoms with Crippen molar-refractivity contribution in [1.29, 1.82) is 0 Å². The van der Waals surface area contributed by atoms with Gasteiger partial charge in [0.1, 0.15) is 35.9 Å². The molecule has 2 aromatic carbocycles. The number of fused-ring (bicyclic) bond motifs is 1. The zero-order valence-electron chi connectivity index (χ0n) is 18.2. The molecule has 9 heteroatoms. The first-order valence-corrected chi connectivity index (χ1v) is 10.7. The number of rotatable bonds is 5. The van der Waals surface area contributed by atoms with E-state index in [-0.39, 0.29) is 5.82 Å². The molecule has 1 aromatic heterocycles. The Morgan fingerprint density at radius 3 is 2.45 bits per heavy atom. The van der Waals surface area contributed by atoms with Gasteiger partial charge in [-0.15, -0.1) is 0 Å². The quantitative estimate of drug-likeness (QED) is 0.549. The van der Waals surface area contributed by atoms with Gasteiger partial charge < -0.3 is 24.3 Å². The van der Waals surface area contributed by atoms with Gasteiger partial charge in [0.05, 0.1) is 25.4 Å². The van der Waals surface area contributed by atoms with Gasteiger partial charge in [0.25, 0.3) is 0 Å². The molecule has 8 nitrogen and oxygen atoms in total. The highest BCUT2D eigenvalue weighted by atomic mass is 19.1. The third-order valence-electron chi connectivity index (χ3n) is 6.02. The first-order chi connectivity index (χ1) is 15.9. The second kappa shape index (κ2) is 8.51. The van der Waals surface area contributed by atoms with Crippen molar-refractivity contribution in [3.63, 3.8) is 0 Å². The second-order valence-corrected chi connectivity index (χ2v) is 8.18. The van der Waals surface area contributed by atoms with Gasteiger partial charge in [0.15, 0.2) is 6.23 Å². The van der Waals surface area contributed by atoms with E-state index in [9.17, 15) is 14.6 Å². The summed E-state index contributed by atoms with van der Waals surface area (Å²) in [4.78, 5) is 4.63. The number of aromatic nitrogens is 1. The molecule has 4 atom stereocenters. The summed E-state index contributed by atoms with van der Waals surface area (Å²) in [5.74, 6) is 1.08. The molecule has 2 aliphatic rings. The van der Waals surface area contributed by atoms with Crippen LogP contribution in [0.5, 0.6) is 5.75 Å². The number of methoxy groups -OCH3 is 1. The van der Waals surface area contributed by atoms with Gasteiger partial charge in [-0.25, -0.2) is 9.38 Å². The number of hydrazine groups is 1. The monoisotopic (exact) mass is 452 g/mol. The molecule has 1 saturated heterocycles. The molecule has 2 aliphatic heterocycles. The average molecular weight is 452 g/mol. The van der Waals surface area contributed by atoms with Crippen LogP contribution in [0.4, 0.5) is 15.9 Å². The summed E-state index contributed by atoms with van der Waals surface area (Å²) >= 11 is 0. The number of aliphatic imine (C=N–C) groups is 1. The van der Waals surface area contributed by atoms with Crippen LogP contribution in [0, 0.1) is 5.82 Å². The average Bonchev–Trinajstić information content (AvgIpc) is 3.33. The second-order valence-electron chi connectivity index (χ2n) is 8.18. The molecule has 1 fully saturated rings. The summed E-state index contributed by atoms with van der Waals surface area (Å²) in [6, 6.07) is 13.8. The van der Waals surface area contributed by atoms with Crippen molar-refractivity contribution in [2.75, 3.05) is 12.5 Å². The molecule has 0 saturated carbocycles. The third kappa shape index (κ3) is 3.95. The van der Waals surface area contributed by atoms with Crippen LogP contribution in [-0.2, 0) is 11.3 Å². The highest BCUT2D eigenvalue weighted by Gasteiger charge is 2.42. The maximum absolute atomic E-state index is 13.3. The largest absolute Gasteiger partial charge is 0.497 e. The van der Waals surface area contributed by atoms with Crippen molar-refractivity contribution in [2.24, 2.45) is 4.99 Å². The van der Waals surface area contributed by atoms with E-state index in [0.717, 1.165) is 28.1 Å². The minimum Gasteiger partial charge on any atom is -0.497 e. The number of nitrogens with zero attached hydrogens (tertiary/aromatic N) is 3. The maximum atomic E-state index is 13.3. The summed E-state index contributed by atoms with van der Waals surface area (Å²) in [5, 5.41) is 22.6. The van der Waals surface area contributed by atoms with Crippen molar-refractivity contribution in [2.45, 2.75) is 38.0 Å². The van der Waals surface area contributed by atoms with Gasteiger partial charge in [-0.05, 0) is 48.9 Å². The van der Waals surface area contributed by atoms with Crippen LogP contribution in [0.25, 0.3) is 11.1 Å². The van der Waals surface area contributed by atoms with Gasteiger partial charge >= 0.3 is 0 Å². The predicted molar refractivity (Wildman–Crippen MR) is 122 cm³/mol. The Hall–Kier alpha value is -3.40. The Labute approximate surface area is 190 Å². The number of halogens is 1. The molecule has 0 bridgehead atoms. The molecule has 0 spiro atoms. The fourth-order valence-corrected chi connectivity index (χ4v) is 4.22. The first kappa shape index (κ1) is 21.4. The Morgan fingerprint density at radius 2 is 1.82 bits per heavy atom. The van der Waals surface area contributed by atoms with Crippen LogP contribution in [0.1, 0.15) is 18.7 Å². The Kier molecular flexibility index (Phi) is 5.53. The number of aliphatic hydroxyl groups excluding tert-OH is 2. The fourth-order valence-electron chi connectivity index (χ4n) is 4.22. The van der Waals surface area contributed by atoms with E-state index in [0.29, 0.717) is 12.4 Å². The molecule has 3 aromatic rings. The minimum absolute atomic E-state index is 0.305. The van der Waals surface area contributed by atoms with E-state index in [1.165, 1.54) is 12.1 Å². The SMILES string of the molecule is COc1ccc(-c2cn([C@@H]3O[C@H](C)[C@@H](O)[C@H]3O)c3c2CN(Nc2ccc(F)cc2)C=N3)cc1. The van der Waals surface area contributed by atoms with Crippen molar-refractivity contribution >= 4 is 17.8 Å². The lowest BCUT2D eigenvalue weighted by molar-refractivity contribution is -0.0308. The van der Waals surface area contributed by atoms with Crippen LogP contribution in [0.15, 0.2) is 59.7 Å². The van der Waals surface area contributed by atoms with Gasteiger partial charge in [-0.1, -0.05) is 12.1 Å². The Morgan fingerprint density at radius 1 is 1.09 bits per heavy atom. The summed E-state index contributed by atoms with van der Waals surface area (Å²) in [6.45, 7) is 2.19. The summed E-state index contributed by atoms with van der Waals surface area (Å²) in [7, 11) is 1.62. The van der Waals surface area contributed by atoms with Crippen LogP contribution in [0.2, 0.25) is 0 Å². The van der Waals surface area contributed by atoms with Crippen LogP contribution in [-0.4, -0.2) is 51.5 Å². The highest BCUT2D eigenvalue weighted by molar-refractivity contribution is 5.78. The number of hydrogen-bond donors (Lipinski definition) is 3. The Bertz CT molecular complexity index is 1160. The van der Waals surface area contributed by atoms with Crippen molar-refractivity contribution < 1.29 is 24.1 Å². The topological polar surface area (TPSA) is 91.5 Å². The number of anilines is 1. The van der Waals surface area contributed by atoms with Crippen molar-refractivity contribution in [3.8, 4) is 16.9 Å². The van der Waals surface area contributed by atoms with E-state index < -0.39 is 24.5 Å². The van der Waals surface area contributed by atoms with E-state index in [2.05, 4.69) is 10.4 Å². The lowest BCUT2D eigenvalue weighted by atomic mass is 10.0. The lowest BCUT2D eigenvalue weighted by Crippen LogP contribution is -2.31. The molecule has 0 aliphatic carbocycles. The molecule has 0 unspecified atom stereocenters. The van der Waals surface area contributed by atoms with Crippen molar-refractivity contribution in [3.05, 3.63) is 66.1 Å². The molecule has 3 N–H and O–H groups in total. The molecular formula is C24H25FN4O4. The number of hydrogen-bond acceptors (Lipinski definition) is 7. The van der Waals surface area contributed by atoms with Gasteiger partial charge in [-0.2, -0.15) is 0 Å². The molecule has 3 heterocycles. The van der Waals surface area contributed by atoms with E-state index in [1.54, 1.807) is 42.1 Å². The van der Waals surface area contributed by atoms with Crippen LogP contribution < -0.4 is 10.2 Å². The normalized spacial score (nSPS) is 24.1. The van der Waals surface area contributed by atoms with Crippen molar-refractivity contribution in [1.82, 2.24) is 9.58 Å². The zero-order valence-corrected chi connectivity index (χ0v) is 18.2. The molecule has 5 rings (SSSR count). The molecule has 33 heavy (non-hydrogen) atoms. The first-order valence-electron chi connectivity index (χ1n) is 10.7. The van der Waals surface area contributed by atoms with E-state index in [1.807, 2.05) is 30.5 Å². The Balaban J connectivity index is 1.52. The van der Waals surface area contributed by atoms with E-state index >= 15 is 0 Å². The fraction of sp³-hybridized carbons (Fsp3) is 0.292. The summed E-state index contributed by atoms with van der Waals surface area (Å²) in [6.07, 6.45) is 0.207. The van der Waals surface area contributed by atoms with Crippen LogP contribution >= 0.6 is 0 Å². The molecule has 172 valence electrons. The summed E-state index contributed by atoms with van der Waals surface area (Å²) in [5.41, 5.74) is 6.73. The zero-order chi connectivity index (χ0) is 23.1. The van der Waals surface area contributed by atoms with E-state index in [4.69, 9.17) is 9.47 Å². The molecule has 0 amide bonds. The number of ether oxygens (including phenoxy) is 2. The third-order valence-corrected chi connectivity index (χ3v) is 6.02. The lowest BCUT2D eigenvalue weighted by Gasteiger charge is -2.26. The molecule has 0 radical (unpaired) electrons. The van der Waals surface area contributed by atoms with Gasteiger partial charge in [0, 0.05) is 17.3 Å². The maximum Gasteiger partial charge on any atom is 0.164 e. The number of nitrogens with one attached hydrogen (secondary N) is 1.